The number of ether oxygens (including phenoxy) is 1. The van der Waals surface area contributed by atoms with Crippen LogP contribution < -0.4 is 0 Å². The summed E-state index contributed by atoms with van der Waals surface area (Å²) in [6, 6.07) is 7.03. The van der Waals surface area contributed by atoms with Gasteiger partial charge in [0.15, 0.2) is 8.32 Å². The van der Waals surface area contributed by atoms with Gasteiger partial charge in [-0.15, -0.1) is 0 Å². The van der Waals surface area contributed by atoms with Gasteiger partial charge >= 0.3 is 5.97 Å². The maximum absolute atomic E-state index is 13.5. The maximum atomic E-state index is 13.5. The summed E-state index contributed by atoms with van der Waals surface area (Å²) in [6.45, 7) is 18.7. The van der Waals surface area contributed by atoms with E-state index in [0.29, 0.717) is 18.6 Å². The summed E-state index contributed by atoms with van der Waals surface area (Å²) in [6.07, 6.45) is 1.45. The predicted octanol–water partition coefficient (Wildman–Crippen LogP) is 8.27. The van der Waals surface area contributed by atoms with E-state index >= 15 is 0 Å². The Morgan fingerprint density at radius 1 is 1.06 bits per heavy atom. The second-order valence-corrected chi connectivity index (χ2v) is 17.7. The molecule has 3 nitrogen and oxygen atoms in total. The highest BCUT2D eigenvalue weighted by molar-refractivity contribution is 9.10. The average Bonchev–Trinajstić information content (AvgIpc) is 2.60. The Kier molecular flexibility index (Phi) is 7.65. The Hall–Kier alpha value is -0.653. The van der Waals surface area contributed by atoms with Crippen LogP contribution in [-0.4, -0.2) is 26.5 Å². The van der Waals surface area contributed by atoms with E-state index in [-0.39, 0.29) is 16.9 Å². The van der Waals surface area contributed by atoms with Crippen LogP contribution in [-0.2, 0) is 19.4 Å². The van der Waals surface area contributed by atoms with E-state index in [1.807, 2.05) is 6.07 Å². The van der Waals surface area contributed by atoms with Crippen LogP contribution in [0.15, 0.2) is 28.7 Å². The van der Waals surface area contributed by atoms with Crippen LogP contribution in [0.3, 0.4) is 0 Å². The highest BCUT2D eigenvalue weighted by atomic mass is 79.9. The van der Waals surface area contributed by atoms with E-state index in [0.717, 1.165) is 10.9 Å². The van der Waals surface area contributed by atoms with Gasteiger partial charge in [0.2, 0.25) is 0 Å². The van der Waals surface area contributed by atoms with Gasteiger partial charge in [-0.2, -0.15) is 0 Å². The minimum Gasteiger partial charge on any atom is -0.459 e. The standard InChI is InChI=1S/C26H45BrO3Si/c1-23(2,3)30-22(28)26(9,20-14-12-15-21(27)18-20)17-13-16-25(7,8)19-29-31(10,11)24(4,5)6/h12,14-15,18H,13,16-17,19H2,1-11H3/i9D3. The zero-order valence-electron chi connectivity index (χ0n) is 24.2. The summed E-state index contributed by atoms with van der Waals surface area (Å²) >= 11 is 3.44. The number of benzene rings is 1. The molecule has 0 heterocycles. The fourth-order valence-electron chi connectivity index (χ4n) is 2.98. The fraction of sp³-hybridized carbons (Fsp3) is 0.731. The lowest BCUT2D eigenvalue weighted by molar-refractivity contribution is -0.162. The van der Waals surface area contributed by atoms with Crippen LogP contribution >= 0.6 is 15.9 Å². The van der Waals surface area contributed by atoms with Gasteiger partial charge in [0, 0.05) is 15.2 Å². The molecule has 5 heteroatoms. The van der Waals surface area contributed by atoms with Gasteiger partial charge in [0.25, 0.3) is 0 Å². The average molecular weight is 517 g/mol. The van der Waals surface area contributed by atoms with Crippen molar-refractivity contribution < 1.29 is 18.1 Å². The smallest absolute Gasteiger partial charge is 0.316 e. The molecular formula is C26H45BrO3Si. The molecule has 0 aliphatic heterocycles. The molecule has 1 atom stereocenters. The largest absolute Gasteiger partial charge is 0.459 e. The second-order valence-electron chi connectivity index (χ2n) is 12.0. The molecule has 1 aromatic carbocycles. The Bertz CT molecular complexity index is 839. The normalized spacial score (nSPS) is 17.3. The summed E-state index contributed by atoms with van der Waals surface area (Å²) in [5, 5.41) is 0.122. The Morgan fingerprint density at radius 3 is 2.16 bits per heavy atom. The zero-order chi connectivity index (χ0) is 26.8. The molecular weight excluding hydrogens is 468 g/mol. The topological polar surface area (TPSA) is 35.5 Å². The van der Waals surface area contributed by atoms with Gasteiger partial charge in [0.05, 0.1) is 5.41 Å². The number of esters is 1. The lowest BCUT2D eigenvalue weighted by Gasteiger charge is -2.39. The van der Waals surface area contributed by atoms with E-state index in [2.05, 4.69) is 63.6 Å². The molecule has 1 unspecified atom stereocenters. The summed E-state index contributed by atoms with van der Waals surface area (Å²) < 4.78 is 38.2. The number of hydrogen-bond donors (Lipinski definition) is 0. The Balaban J connectivity index is 3.24. The van der Waals surface area contributed by atoms with Gasteiger partial charge in [-0.3, -0.25) is 4.79 Å². The number of halogens is 1. The van der Waals surface area contributed by atoms with Gasteiger partial charge < -0.3 is 9.16 Å². The van der Waals surface area contributed by atoms with Crippen molar-refractivity contribution in [3.63, 3.8) is 0 Å². The number of carbonyl (C=O) groups excluding carboxylic acids is 1. The van der Waals surface area contributed by atoms with E-state index in [9.17, 15) is 4.79 Å². The molecule has 0 aliphatic rings. The van der Waals surface area contributed by atoms with Crippen LogP contribution in [0.25, 0.3) is 0 Å². The third-order valence-corrected chi connectivity index (χ3v) is 11.1. The first-order valence-electron chi connectivity index (χ1n) is 12.7. The molecule has 1 aromatic rings. The molecule has 0 aliphatic carbocycles. The van der Waals surface area contributed by atoms with Gasteiger partial charge in [-0.05, 0) is 81.7 Å². The van der Waals surface area contributed by atoms with E-state index in [1.165, 1.54) is 0 Å². The first kappa shape index (κ1) is 23.5. The van der Waals surface area contributed by atoms with Crippen molar-refractivity contribution in [3.05, 3.63) is 34.3 Å². The van der Waals surface area contributed by atoms with Crippen molar-refractivity contribution in [2.24, 2.45) is 5.41 Å². The first-order chi connectivity index (χ1) is 15.0. The van der Waals surface area contributed by atoms with Crippen LogP contribution in [0.2, 0.25) is 18.1 Å². The minimum absolute atomic E-state index is 0.122. The van der Waals surface area contributed by atoms with E-state index < -0.39 is 32.2 Å². The summed E-state index contributed by atoms with van der Waals surface area (Å²) in [5.74, 6) is -0.701. The Labute approximate surface area is 205 Å². The zero-order valence-corrected chi connectivity index (χ0v) is 23.8. The van der Waals surface area contributed by atoms with Crippen LogP contribution in [0.1, 0.15) is 91.2 Å². The molecule has 0 bridgehead atoms. The van der Waals surface area contributed by atoms with Crippen molar-refractivity contribution in [2.75, 3.05) is 6.61 Å². The predicted molar refractivity (Wildman–Crippen MR) is 138 cm³/mol. The molecule has 0 amide bonds. The van der Waals surface area contributed by atoms with Crippen molar-refractivity contribution >= 4 is 30.2 Å². The highest BCUT2D eigenvalue weighted by Crippen LogP contribution is 2.39. The minimum atomic E-state index is -2.57. The summed E-state index contributed by atoms with van der Waals surface area (Å²) in [7, 11) is -1.89. The van der Waals surface area contributed by atoms with Crippen LogP contribution in [0.4, 0.5) is 0 Å². The van der Waals surface area contributed by atoms with Crippen LogP contribution in [0.5, 0.6) is 0 Å². The highest BCUT2D eigenvalue weighted by Gasteiger charge is 2.40. The van der Waals surface area contributed by atoms with E-state index in [1.54, 1.807) is 39.0 Å². The molecule has 0 spiro atoms. The molecule has 0 fully saturated rings. The lowest BCUT2D eigenvalue weighted by Crippen LogP contribution is -2.43. The molecule has 31 heavy (non-hydrogen) atoms. The monoisotopic (exact) mass is 515 g/mol. The molecule has 0 saturated heterocycles. The summed E-state index contributed by atoms with van der Waals surface area (Å²) in [5.41, 5.74) is -2.25. The third kappa shape index (κ3) is 8.66. The third-order valence-electron chi connectivity index (χ3n) is 6.10. The summed E-state index contributed by atoms with van der Waals surface area (Å²) in [4.78, 5) is 13.5. The van der Waals surface area contributed by atoms with Crippen molar-refractivity contribution in [1.29, 1.82) is 0 Å². The second kappa shape index (κ2) is 10.1. The fourth-order valence-corrected chi connectivity index (χ4v) is 4.56. The molecule has 0 saturated carbocycles. The number of hydrogen-bond acceptors (Lipinski definition) is 3. The Morgan fingerprint density at radius 2 is 1.68 bits per heavy atom. The number of carbonyl (C=O) groups is 1. The maximum Gasteiger partial charge on any atom is 0.316 e. The van der Waals surface area contributed by atoms with Crippen LogP contribution in [0, 0.1) is 5.41 Å². The molecule has 178 valence electrons. The lowest BCUT2D eigenvalue weighted by atomic mass is 9.76. The van der Waals surface area contributed by atoms with Gasteiger partial charge in [-0.25, -0.2) is 0 Å². The molecule has 0 N–H and O–H groups in total. The first-order valence-corrected chi connectivity index (χ1v) is 14.9. The van der Waals surface area contributed by atoms with Crippen molar-refractivity contribution in [1.82, 2.24) is 0 Å². The quantitative estimate of drug-likeness (QED) is 0.245. The number of rotatable bonds is 9. The SMILES string of the molecule is [2H]C([2H])([2H])C(CCCC(C)(C)CO[Si](C)(C)C(C)(C)C)(C(=O)OC(C)(C)C)c1cccc(Br)c1. The van der Waals surface area contributed by atoms with Gasteiger partial charge in [0.1, 0.15) is 5.60 Å². The van der Waals surface area contributed by atoms with Crippen molar-refractivity contribution in [3.8, 4) is 0 Å². The molecule has 1 rings (SSSR count). The molecule has 0 radical (unpaired) electrons. The molecule has 0 aromatic heterocycles. The van der Waals surface area contributed by atoms with Crippen molar-refractivity contribution in [2.45, 2.75) is 111 Å². The van der Waals surface area contributed by atoms with E-state index in [4.69, 9.17) is 13.3 Å². The van der Waals surface area contributed by atoms with Gasteiger partial charge in [-0.1, -0.05) is 69.1 Å².